The van der Waals surface area contributed by atoms with E-state index >= 15 is 0 Å². The van der Waals surface area contributed by atoms with Crippen LogP contribution in [0.3, 0.4) is 0 Å². The van der Waals surface area contributed by atoms with E-state index in [1.54, 1.807) is 0 Å². The molecule has 18 heavy (non-hydrogen) atoms. The molecule has 0 bridgehead atoms. The Morgan fingerprint density at radius 1 is 0.944 bits per heavy atom. The lowest BCUT2D eigenvalue weighted by atomic mass is 10.1. The minimum Gasteiger partial charge on any atom is -0.393 e. The lowest BCUT2D eigenvalue weighted by molar-refractivity contribution is -0.154. The third-order valence-corrected chi connectivity index (χ3v) is 3.54. The van der Waals surface area contributed by atoms with Crippen molar-refractivity contribution in [3.8, 4) is 0 Å². The van der Waals surface area contributed by atoms with Gasteiger partial charge in [-0.3, -0.25) is 14.4 Å². The van der Waals surface area contributed by atoms with E-state index in [0.717, 1.165) is 0 Å². The van der Waals surface area contributed by atoms with Crippen LogP contribution < -0.4 is 0 Å². The van der Waals surface area contributed by atoms with Crippen molar-refractivity contribution in [2.24, 2.45) is 0 Å². The minimum absolute atomic E-state index is 0.146. The number of carbonyl (C=O) groups excluding carboxylic acids is 3. The van der Waals surface area contributed by atoms with E-state index in [1.165, 1.54) is 9.80 Å². The molecule has 2 fully saturated rings. The molecule has 0 aromatic carbocycles. The largest absolute Gasteiger partial charge is 0.393 e. The van der Waals surface area contributed by atoms with Gasteiger partial charge < -0.3 is 14.9 Å². The molecule has 0 aromatic rings. The monoisotopic (exact) mass is 254 g/mol. The molecule has 6 heteroatoms. The van der Waals surface area contributed by atoms with Gasteiger partial charge in [0.1, 0.15) is 5.78 Å². The summed E-state index contributed by atoms with van der Waals surface area (Å²) in [5.74, 6) is -0.872. The maximum absolute atomic E-state index is 12.0. The Morgan fingerprint density at radius 2 is 1.39 bits per heavy atom. The van der Waals surface area contributed by atoms with E-state index in [0.29, 0.717) is 51.9 Å². The van der Waals surface area contributed by atoms with Crippen LogP contribution in [0.1, 0.15) is 25.7 Å². The number of aliphatic hydroxyl groups is 1. The molecule has 0 spiro atoms. The van der Waals surface area contributed by atoms with Gasteiger partial charge in [-0.1, -0.05) is 0 Å². The van der Waals surface area contributed by atoms with Crippen molar-refractivity contribution in [1.82, 2.24) is 9.80 Å². The average molecular weight is 254 g/mol. The molecule has 100 valence electrons. The van der Waals surface area contributed by atoms with Crippen molar-refractivity contribution in [2.45, 2.75) is 31.8 Å². The predicted molar refractivity (Wildman–Crippen MR) is 62.6 cm³/mol. The van der Waals surface area contributed by atoms with Gasteiger partial charge in [0.05, 0.1) is 6.10 Å². The zero-order chi connectivity index (χ0) is 13.1. The van der Waals surface area contributed by atoms with Crippen LogP contribution in [-0.2, 0) is 14.4 Å². The van der Waals surface area contributed by atoms with Crippen LogP contribution in [0.2, 0.25) is 0 Å². The average Bonchev–Trinajstić information content (AvgIpc) is 2.39. The Labute approximate surface area is 106 Å². The first-order valence-corrected chi connectivity index (χ1v) is 6.36. The molecule has 0 aliphatic carbocycles. The second-order valence-electron chi connectivity index (χ2n) is 4.85. The topological polar surface area (TPSA) is 77.9 Å². The predicted octanol–water partition coefficient (Wildman–Crippen LogP) is -0.839. The second kappa shape index (κ2) is 5.48. The molecule has 6 nitrogen and oxygen atoms in total. The smallest absolute Gasteiger partial charge is 0.312 e. The summed E-state index contributed by atoms with van der Waals surface area (Å²) in [6.45, 7) is 1.55. The molecule has 2 amide bonds. The quantitative estimate of drug-likeness (QED) is 0.572. The SMILES string of the molecule is O=C1CCN(C(=O)C(=O)N2CCC(O)CC2)CC1. The highest BCUT2D eigenvalue weighted by atomic mass is 16.3. The van der Waals surface area contributed by atoms with Gasteiger partial charge in [-0.2, -0.15) is 0 Å². The molecule has 2 aliphatic rings. The van der Waals surface area contributed by atoms with E-state index in [-0.39, 0.29) is 11.9 Å². The van der Waals surface area contributed by atoms with Crippen molar-refractivity contribution in [3.63, 3.8) is 0 Å². The second-order valence-corrected chi connectivity index (χ2v) is 4.85. The number of nitrogens with zero attached hydrogens (tertiary/aromatic N) is 2. The minimum atomic E-state index is -0.515. The first-order chi connectivity index (χ1) is 8.58. The van der Waals surface area contributed by atoms with Crippen molar-refractivity contribution in [1.29, 1.82) is 0 Å². The van der Waals surface area contributed by atoms with Gasteiger partial charge >= 0.3 is 11.8 Å². The number of hydrogen-bond acceptors (Lipinski definition) is 4. The highest BCUT2D eigenvalue weighted by molar-refractivity contribution is 6.35. The number of likely N-dealkylation sites (tertiary alicyclic amines) is 2. The van der Waals surface area contributed by atoms with Gasteiger partial charge in [-0.15, -0.1) is 0 Å². The van der Waals surface area contributed by atoms with Crippen LogP contribution >= 0.6 is 0 Å². The number of Topliss-reactive ketones (excluding diaryl/α,β-unsaturated/α-hetero) is 1. The van der Waals surface area contributed by atoms with E-state index in [1.807, 2.05) is 0 Å². The first kappa shape index (κ1) is 13.0. The van der Waals surface area contributed by atoms with Crippen LogP contribution in [0.4, 0.5) is 0 Å². The number of carbonyl (C=O) groups is 3. The number of amides is 2. The molecule has 0 radical (unpaired) electrons. The van der Waals surface area contributed by atoms with Gasteiger partial charge in [0, 0.05) is 39.0 Å². The Bertz CT molecular complexity index is 351. The summed E-state index contributed by atoms with van der Waals surface area (Å²) in [7, 11) is 0. The fourth-order valence-corrected chi connectivity index (χ4v) is 2.30. The number of piperidine rings is 2. The zero-order valence-electron chi connectivity index (χ0n) is 10.3. The van der Waals surface area contributed by atoms with Gasteiger partial charge in [-0.25, -0.2) is 0 Å². The third kappa shape index (κ3) is 2.87. The van der Waals surface area contributed by atoms with Crippen LogP contribution in [0.5, 0.6) is 0 Å². The summed E-state index contributed by atoms with van der Waals surface area (Å²) in [6, 6.07) is 0. The molecule has 2 heterocycles. The fraction of sp³-hybridized carbons (Fsp3) is 0.750. The maximum atomic E-state index is 12.0. The van der Waals surface area contributed by atoms with E-state index in [4.69, 9.17) is 0 Å². The van der Waals surface area contributed by atoms with Gasteiger partial charge in [0.25, 0.3) is 0 Å². The molecule has 0 aromatic heterocycles. The molecular weight excluding hydrogens is 236 g/mol. The van der Waals surface area contributed by atoms with E-state index in [2.05, 4.69) is 0 Å². The van der Waals surface area contributed by atoms with Crippen LogP contribution in [-0.4, -0.2) is 64.8 Å². The summed E-state index contributed by atoms with van der Waals surface area (Å²) < 4.78 is 0. The van der Waals surface area contributed by atoms with Gasteiger partial charge in [0.15, 0.2) is 0 Å². The zero-order valence-corrected chi connectivity index (χ0v) is 10.3. The van der Waals surface area contributed by atoms with Crippen molar-refractivity contribution >= 4 is 17.6 Å². The molecule has 0 saturated carbocycles. The Hall–Kier alpha value is -1.43. The highest BCUT2D eigenvalue weighted by Crippen LogP contribution is 2.12. The van der Waals surface area contributed by atoms with E-state index < -0.39 is 11.8 Å². The first-order valence-electron chi connectivity index (χ1n) is 6.36. The lowest BCUT2D eigenvalue weighted by Gasteiger charge is -2.32. The van der Waals surface area contributed by atoms with Crippen LogP contribution in [0.25, 0.3) is 0 Å². The number of hydrogen-bond donors (Lipinski definition) is 1. The highest BCUT2D eigenvalue weighted by Gasteiger charge is 2.31. The van der Waals surface area contributed by atoms with Gasteiger partial charge in [-0.05, 0) is 12.8 Å². The van der Waals surface area contributed by atoms with Crippen LogP contribution in [0, 0.1) is 0 Å². The molecule has 0 atom stereocenters. The van der Waals surface area contributed by atoms with Crippen molar-refractivity contribution in [3.05, 3.63) is 0 Å². The van der Waals surface area contributed by atoms with Crippen LogP contribution in [0.15, 0.2) is 0 Å². The molecule has 2 saturated heterocycles. The van der Waals surface area contributed by atoms with Crippen molar-refractivity contribution in [2.75, 3.05) is 26.2 Å². The number of ketones is 1. The summed E-state index contributed by atoms with van der Waals surface area (Å²) in [5.41, 5.74) is 0. The summed E-state index contributed by atoms with van der Waals surface area (Å²) in [4.78, 5) is 37.9. The molecular formula is C12H18N2O4. The standard InChI is InChI=1S/C12H18N2O4/c15-9-1-5-13(6-2-9)11(17)12(18)14-7-3-10(16)4-8-14/h9,15H,1-8H2. The molecule has 1 N–H and O–H groups in total. The summed E-state index contributed by atoms with van der Waals surface area (Å²) >= 11 is 0. The Morgan fingerprint density at radius 3 is 1.89 bits per heavy atom. The number of rotatable bonds is 0. The van der Waals surface area contributed by atoms with E-state index in [9.17, 15) is 19.5 Å². The third-order valence-electron chi connectivity index (χ3n) is 3.54. The lowest BCUT2D eigenvalue weighted by Crippen LogP contribution is -2.50. The van der Waals surface area contributed by atoms with Crippen molar-refractivity contribution < 1.29 is 19.5 Å². The Balaban J connectivity index is 1.88. The molecule has 2 rings (SSSR count). The summed E-state index contributed by atoms with van der Waals surface area (Å²) in [5, 5.41) is 9.35. The summed E-state index contributed by atoms with van der Waals surface area (Å²) in [6.07, 6.45) is 1.38. The molecule has 2 aliphatic heterocycles. The molecule has 0 unspecified atom stereocenters. The number of aliphatic hydroxyl groups excluding tert-OH is 1. The maximum Gasteiger partial charge on any atom is 0.312 e. The van der Waals surface area contributed by atoms with Gasteiger partial charge in [0.2, 0.25) is 0 Å². The normalized spacial score (nSPS) is 22.2. The Kier molecular flexibility index (Phi) is 3.96. The fourth-order valence-electron chi connectivity index (χ4n) is 2.30.